The summed E-state index contributed by atoms with van der Waals surface area (Å²) in [5.41, 5.74) is 2.06. The molecule has 0 saturated heterocycles. The molecule has 4 rings (SSSR count). The lowest BCUT2D eigenvalue weighted by atomic mass is 9.69. The number of rotatable bonds is 2. The van der Waals surface area contributed by atoms with E-state index in [1.54, 1.807) is 6.20 Å². The Hall–Kier alpha value is -2.36. The van der Waals surface area contributed by atoms with E-state index in [0.717, 1.165) is 59.6 Å². The van der Waals surface area contributed by atoms with Gasteiger partial charge in [-0.25, -0.2) is 4.98 Å². The van der Waals surface area contributed by atoms with Crippen LogP contribution in [0.4, 0.5) is 0 Å². The number of carboxylic acids is 1. The van der Waals surface area contributed by atoms with E-state index in [2.05, 4.69) is 16.0 Å². The normalized spacial score (nSPS) is 17.8. The van der Waals surface area contributed by atoms with E-state index in [0.29, 0.717) is 0 Å². The fraction of sp³-hybridized carbons (Fsp3) is 0.333. The summed E-state index contributed by atoms with van der Waals surface area (Å²) in [4.78, 5) is 19.6. The minimum Gasteiger partial charge on any atom is -0.481 e. The molecule has 1 aliphatic carbocycles. The van der Waals surface area contributed by atoms with Gasteiger partial charge < -0.3 is 10.1 Å². The summed E-state index contributed by atoms with van der Waals surface area (Å²) in [6, 6.07) is 9.95. The molecule has 0 atom stereocenters. The lowest BCUT2D eigenvalue weighted by Crippen LogP contribution is -2.37. The van der Waals surface area contributed by atoms with E-state index < -0.39 is 11.4 Å². The van der Waals surface area contributed by atoms with E-state index >= 15 is 0 Å². The average Bonchev–Trinajstić information content (AvgIpc) is 2.93. The van der Waals surface area contributed by atoms with Crippen LogP contribution in [0, 0.1) is 0 Å². The number of pyridine rings is 1. The smallest absolute Gasteiger partial charge is 0.314 e. The number of aromatic amines is 1. The predicted octanol–water partition coefficient (Wildman–Crippen LogP) is 4.00. The zero-order chi connectivity index (χ0) is 15.2. The van der Waals surface area contributed by atoms with Crippen LogP contribution in [0.3, 0.4) is 0 Å². The monoisotopic (exact) mass is 294 g/mol. The first-order valence-electron chi connectivity index (χ1n) is 7.81. The molecular formula is C18H18N2O2. The zero-order valence-electron chi connectivity index (χ0n) is 12.3. The summed E-state index contributed by atoms with van der Waals surface area (Å²) in [5, 5.41) is 12.0. The third-order valence-corrected chi connectivity index (χ3v) is 5.04. The summed E-state index contributed by atoms with van der Waals surface area (Å²) in [6.07, 6.45) is 6.33. The minimum atomic E-state index is -0.724. The quantitative estimate of drug-likeness (QED) is 0.750. The van der Waals surface area contributed by atoms with E-state index in [1.807, 2.05) is 24.3 Å². The van der Waals surface area contributed by atoms with Gasteiger partial charge in [-0.3, -0.25) is 4.79 Å². The first-order valence-corrected chi connectivity index (χ1v) is 7.81. The molecule has 0 amide bonds. The number of nitrogens with zero attached hydrogens (tertiary/aromatic N) is 1. The molecule has 0 unspecified atom stereocenters. The minimum absolute atomic E-state index is 0.690. The molecule has 3 aromatic rings. The number of benzene rings is 1. The molecule has 4 nitrogen and oxygen atoms in total. The van der Waals surface area contributed by atoms with Crippen molar-refractivity contribution in [2.45, 2.75) is 37.5 Å². The van der Waals surface area contributed by atoms with Gasteiger partial charge in [0.2, 0.25) is 0 Å². The van der Waals surface area contributed by atoms with Crippen LogP contribution in [0.15, 0.2) is 36.5 Å². The Morgan fingerprint density at radius 2 is 1.95 bits per heavy atom. The van der Waals surface area contributed by atoms with Gasteiger partial charge in [-0.15, -0.1) is 0 Å². The molecule has 112 valence electrons. The number of carboxylic acid groups (broad SMARTS) is 1. The molecule has 2 aromatic heterocycles. The van der Waals surface area contributed by atoms with Crippen LogP contribution in [0.1, 0.15) is 37.7 Å². The number of aliphatic carboxylic acids is 1. The van der Waals surface area contributed by atoms with E-state index in [9.17, 15) is 9.90 Å². The molecular weight excluding hydrogens is 276 g/mol. The molecule has 4 heteroatoms. The van der Waals surface area contributed by atoms with Gasteiger partial charge in [0.25, 0.3) is 0 Å². The van der Waals surface area contributed by atoms with Crippen molar-refractivity contribution in [3.63, 3.8) is 0 Å². The number of fused-ring (bicyclic) bond motifs is 3. The maximum atomic E-state index is 12.0. The Kier molecular flexibility index (Phi) is 2.93. The average molecular weight is 294 g/mol. The van der Waals surface area contributed by atoms with Gasteiger partial charge in [-0.2, -0.15) is 0 Å². The molecule has 1 aliphatic rings. The van der Waals surface area contributed by atoms with Crippen molar-refractivity contribution in [2.24, 2.45) is 0 Å². The Labute approximate surface area is 128 Å². The largest absolute Gasteiger partial charge is 0.481 e. The highest BCUT2D eigenvalue weighted by atomic mass is 16.4. The number of hydrogen-bond acceptors (Lipinski definition) is 2. The lowest BCUT2D eigenvalue weighted by molar-refractivity contribution is -0.145. The summed E-state index contributed by atoms with van der Waals surface area (Å²) in [7, 11) is 0. The van der Waals surface area contributed by atoms with Crippen LogP contribution in [0.2, 0.25) is 0 Å². The van der Waals surface area contributed by atoms with Crippen molar-refractivity contribution in [1.82, 2.24) is 9.97 Å². The number of carbonyl (C=O) groups is 1. The topological polar surface area (TPSA) is 66.0 Å². The standard InChI is InChI=1S/C18H18N2O2/c21-17(22)18(8-2-1-3-9-18)12-6-7-15-14(11-12)13-5-4-10-19-16(13)20-15/h4-7,10-11H,1-3,8-9H2,(H,19,20)(H,21,22). The molecule has 1 aromatic carbocycles. The Balaban J connectivity index is 1.94. The number of H-pyrrole nitrogens is 1. The second-order valence-corrected chi connectivity index (χ2v) is 6.23. The van der Waals surface area contributed by atoms with Gasteiger partial charge >= 0.3 is 5.97 Å². The second-order valence-electron chi connectivity index (χ2n) is 6.23. The molecule has 22 heavy (non-hydrogen) atoms. The lowest BCUT2D eigenvalue weighted by Gasteiger charge is -2.33. The van der Waals surface area contributed by atoms with Gasteiger partial charge in [0.15, 0.2) is 0 Å². The highest BCUT2D eigenvalue weighted by molar-refractivity contribution is 6.06. The highest BCUT2D eigenvalue weighted by Crippen LogP contribution is 2.41. The van der Waals surface area contributed by atoms with Crippen molar-refractivity contribution in [1.29, 1.82) is 0 Å². The molecule has 0 bridgehead atoms. The number of aromatic nitrogens is 2. The number of hydrogen-bond donors (Lipinski definition) is 2. The number of nitrogens with one attached hydrogen (secondary N) is 1. The third-order valence-electron chi connectivity index (χ3n) is 5.04. The fourth-order valence-electron chi connectivity index (χ4n) is 3.80. The van der Waals surface area contributed by atoms with Crippen LogP contribution < -0.4 is 0 Å². The van der Waals surface area contributed by atoms with Crippen LogP contribution >= 0.6 is 0 Å². The van der Waals surface area contributed by atoms with Crippen molar-refractivity contribution < 1.29 is 9.90 Å². The Morgan fingerprint density at radius 3 is 2.73 bits per heavy atom. The van der Waals surface area contributed by atoms with Gasteiger partial charge in [0.1, 0.15) is 5.65 Å². The van der Waals surface area contributed by atoms with E-state index in [1.165, 1.54) is 0 Å². The molecule has 2 heterocycles. The first kappa shape index (κ1) is 13.3. The van der Waals surface area contributed by atoms with Crippen LogP contribution in [-0.2, 0) is 10.2 Å². The van der Waals surface area contributed by atoms with Gasteiger partial charge in [-0.05, 0) is 42.7 Å². The van der Waals surface area contributed by atoms with Gasteiger partial charge in [0.05, 0.1) is 5.41 Å². The maximum absolute atomic E-state index is 12.0. The highest BCUT2D eigenvalue weighted by Gasteiger charge is 2.41. The summed E-state index contributed by atoms with van der Waals surface area (Å²) >= 11 is 0. The van der Waals surface area contributed by atoms with Crippen LogP contribution in [0.25, 0.3) is 21.9 Å². The molecule has 1 saturated carbocycles. The third kappa shape index (κ3) is 1.83. The molecule has 2 N–H and O–H groups in total. The summed E-state index contributed by atoms with van der Waals surface area (Å²) in [6.45, 7) is 0. The Morgan fingerprint density at radius 1 is 1.14 bits per heavy atom. The molecule has 1 fully saturated rings. The van der Waals surface area contributed by atoms with Crippen LogP contribution in [0.5, 0.6) is 0 Å². The van der Waals surface area contributed by atoms with E-state index in [4.69, 9.17) is 0 Å². The maximum Gasteiger partial charge on any atom is 0.314 e. The molecule has 0 radical (unpaired) electrons. The SMILES string of the molecule is O=C(O)C1(c2ccc3[nH]c4ncccc4c3c2)CCCCC1. The zero-order valence-corrected chi connectivity index (χ0v) is 12.3. The van der Waals surface area contributed by atoms with Crippen molar-refractivity contribution in [2.75, 3.05) is 0 Å². The fourth-order valence-corrected chi connectivity index (χ4v) is 3.80. The molecule has 0 aliphatic heterocycles. The summed E-state index contributed by atoms with van der Waals surface area (Å²) < 4.78 is 0. The van der Waals surface area contributed by atoms with Crippen molar-refractivity contribution in [3.8, 4) is 0 Å². The Bertz CT molecular complexity index is 860. The van der Waals surface area contributed by atoms with Gasteiger partial charge in [-0.1, -0.05) is 25.3 Å². The first-order chi connectivity index (χ1) is 10.7. The van der Waals surface area contributed by atoms with Crippen LogP contribution in [-0.4, -0.2) is 21.0 Å². The van der Waals surface area contributed by atoms with Crippen molar-refractivity contribution in [3.05, 3.63) is 42.1 Å². The molecule has 0 spiro atoms. The summed E-state index contributed by atoms with van der Waals surface area (Å²) in [5.74, 6) is -0.690. The van der Waals surface area contributed by atoms with Gasteiger partial charge in [0, 0.05) is 22.5 Å². The second kappa shape index (κ2) is 4.83. The van der Waals surface area contributed by atoms with Crippen molar-refractivity contribution >= 4 is 27.9 Å². The predicted molar refractivity (Wildman–Crippen MR) is 86.0 cm³/mol. The van der Waals surface area contributed by atoms with E-state index in [-0.39, 0.29) is 0 Å².